The van der Waals surface area contributed by atoms with E-state index in [0.717, 1.165) is 6.29 Å². The molecule has 0 unspecified atom stereocenters. The van der Waals surface area contributed by atoms with Gasteiger partial charge in [-0.15, -0.1) is 5.60 Å². The molecule has 0 fully saturated rings. The molecule has 12 heteroatoms. The molecule has 0 N–H and O–H groups in total. The van der Waals surface area contributed by atoms with E-state index in [9.17, 15) is 5.11 Å². The minimum Gasteiger partial charge on any atom is -0.850 e. The maximum absolute atomic E-state index is 10.1. The van der Waals surface area contributed by atoms with E-state index in [2.05, 4.69) is 58.6 Å². The number of allylic oxidation sites excluding steroid dienone is 2. The summed E-state index contributed by atoms with van der Waals surface area (Å²) in [5.74, 6) is 0. The molecule has 0 heterocycles. The van der Waals surface area contributed by atoms with Gasteiger partial charge in [-0.25, -0.2) is 0 Å². The summed E-state index contributed by atoms with van der Waals surface area (Å²) in [5.41, 5.74) is -0.750. The summed E-state index contributed by atoms with van der Waals surface area (Å²) >= 11 is 17.5. The standard InChI is InChI=1S/C4H9O.C4H8.C3H8.C2H4O.CH4.K.S5.S4/c1-4(2,3)5;1-3-4-2;1-3-2;1-2-3;;;1-3-5-4-2;1-3-4-2/h1-3H3;3-4H,1-2H3;3H2,1-2H3;2H,1H3;1H4;;;/q-1;;;;;+1;;. The fraction of sp³-hybridized carbons (Fsp3) is 0.786. The molecule has 0 aromatic heterocycles. The van der Waals surface area contributed by atoms with Gasteiger partial charge in [0.15, 0.2) is 0 Å². The van der Waals surface area contributed by atoms with Crippen LogP contribution in [0, 0.1) is 0 Å². The van der Waals surface area contributed by atoms with Gasteiger partial charge >= 0.3 is 51.4 Å². The van der Waals surface area contributed by atoms with Crippen LogP contribution in [0.5, 0.6) is 0 Å². The third-order valence-electron chi connectivity index (χ3n) is 0.417. The fourth-order valence-corrected chi connectivity index (χ4v) is 2.76. The summed E-state index contributed by atoms with van der Waals surface area (Å²) in [4.78, 5) is 8.81. The molecule has 0 radical (unpaired) electrons. The quantitative estimate of drug-likeness (QED) is 0.250. The summed E-state index contributed by atoms with van der Waals surface area (Å²) in [5, 5.41) is 10.1. The topological polar surface area (TPSA) is 40.1 Å². The van der Waals surface area contributed by atoms with Crippen LogP contribution in [-0.4, -0.2) is 11.9 Å². The van der Waals surface area contributed by atoms with Crippen LogP contribution in [0.4, 0.5) is 0 Å². The summed E-state index contributed by atoms with van der Waals surface area (Å²) in [6.45, 7) is 14.6. The normalized spacial score (nSPS) is 6.81. The summed E-state index contributed by atoms with van der Waals surface area (Å²) in [7, 11) is 6.29. The fourth-order valence-electron chi connectivity index (χ4n) is 0.0113. The molecule has 0 rings (SSSR count). The molecule has 26 heavy (non-hydrogen) atoms. The number of hydrogen-bond acceptors (Lipinski definition) is 6. The third kappa shape index (κ3) is 373. The second-order valence-corrected chi connectivity index (χ2v) is 12.9. The Bertz CT molecular complexity index is 404. The summed E-state index contributed by atoms with van der Waals surface area (Å²) < 4.78 is 0. The Morgan fingerprint density at radius 3 is 1.00 bits per heavy atom. The van der Waals surface area contributed by atoms with Crippen LogP contribution in [0.1, 0.15) is 69.2 Å². The zero-order valence-corrected chi connectivity index (χ0v) is 26.9. The molecule has 0 bridgehead atoms. The molecule has 0 amide bonds. The molecule has 0 aliphatic heterocycles. The van der Waals surface area contributed by atoms with Crippen molar-refractivity contribution >= 4 is 95.4 Å². The molecule has 156 valence electrons. The van der Waals surface area contributed by atoms with E-state index < -0.39 is 5.60 Å². The minimum absolute atomic E-state index is 0. The van der Waals surface area contributed by atoms with Gasteiger partial charge in [-0.3, -0.25) is 0 Å². The average molecular weight is 561 g/mol. The van der Waals surface area contributed by atoms with Crippen molar-refractivity contribution in [1.82, 2.24) is 0 Å². The van der Waals surface area contributed by atoms with Gasteiger partial charge in [0, 0.05) is 89.2 Å². The van der Waals surface area contributed by atoms with Gasteiger partial charge in [-0.1, -0.05) is 60.6 Å². The molecule has 0 aliphatic carbocycles. The van der Waals surface area contributed by atoms with Crippen LogP contribution in [-0.2, 0) is 93.9 Å². The van der Waals surface area contributed by atoms with E-state index in [1.54, 1.807) is 20.8 Å². The molecule has 0 aliphatic rings. The predicted molar refractivity (Wildman–Crippen MR) is 141 cm³/mol. The molecule has 2 nitrogen and oxygen atoms in total. The zero-order valence-electron chi connectivity index (χ0n) is 16.4. The smallest absolute Gasteiger partial charge is 0.850 e. The Balaban J connectivity index is -0.0000000248. The van der Waals surface area contributed by atoms with E-state index >= 15 is 0 Å². The molecule has 0 spiro atoms. The maximum Gasteiger partial charge on any atom is 1.00 e. The summed E-state index contributed by atoms with van der Waals surface area (Å²) in [6, 6.07) is 0. The number of hydrogen-bond donors (Lipinski definition) is 0. The van der Waals surface area contributed by atoms with E-state index in [-0.39, 0.29) is 58.8 Å². The van der Waals surface area contributed by atoms with Crippen molar-refractivity contribution < 1.29 is 61.3 Å². The van der Waals surface area contributed by atoms with E-state index in [1.807, 2.05) is 26.0 Å². The summed E-state index contributed by atoms with van der Waals surface area (Å²) in [6.07, 6.45) is 6.00. The predicted octanol–water partition coefficient (Wildman–Crippen LogP) is 0.968. The molecule has 0 atom stereocenters. The molecule has 0 saturated heterocycles. The first-order valence-electron chi connectivity index (χ1n) is 6.59. The van der Waals surface area contributed by atoms with Crippen molar-refractivity contribution in [2.75, 3.05) is 0 Å². The van der Waals surface area contributed by atoms with Crippen LogP contribution >= 0.6 is 0 Å². The van der Waals surface area contributed by atoms with Crippen molar-refractivity contribution in [2.45, 2.75) is 74.8 Å². The largest absolute Gasteiger partial charge is 1.00 e. The van der Waals surface area contributed by atoms with Crippen molar-refractivity contribution in [3.05, 3.63) is 12.2 Å². The Morgan fingerprint density at radius 2 is 1.00 bits per heavy atom. The Kier molecular flexibility index (Phi) is 125. The van der Waals surface area contributed by atoms with E-state index in [1.165, 1.54) is 57.7 Å². The van der Waals surface area contributed by atoms with Crippen molar-refractivity contribution in [3.63, 3.8) is 0 Å². The zero-order chi connectivity index (χ0) is 20.9. The van der Waals surface area contributed by atoms with Gasteiger partial charge in [0.1, 0.15) is 6.29 Å². The first-order chi connectivity index (χ1) is 11.1. The number of carbonyl (C=O) groups is 1. The Labute approximate surface area is 239 Å². The van der Waals surface area contributed by atoms with Gasteiger partial charge in [0.05, 0.1) is 0 Å². The average Bonchev–Trinajstić information content (AvgIpc) is 2.48. The second kappa shape index (κ2) is 63.0. The van der Waals surface area contributed by atoms with Crippen LogP contribution in [0.3, 0.4) is 0 Å². The van der Waals surface area contributed by atoms with Crippen molar-refractivity contribution in [1.29, 1.82) is 0 Å². The first kappa shape index (κ1) is 51.5. The number of carbonyl (C=O) groups excluding carboxylic acids is 1. The van der Waals surface area contributed by atoms with Gasteiger partial charge in [0.25, 0.3) is 0 Å². The van der Waals surface area contributed by atoms with E-state index in [0.29, 0.717) is 0 Å². The SMILES string of the molecule is C.CC(C)(C)[O-].CC=CC.CC=O.CCC.S=S=S=S.S=S=S=S=S.[K+]. The van der Waals surface area contributed by atoms with Gasteiger partial charge in [-0.2, -0.15) is 0 Å². The van der Waals surface area contributed by atoms with Crippen LogP contribution in [0.2, 0.25) is 0 Å². The maximum atomic E-state index is 10.1. The van der Waals surface area contributed by atoms with E-state index in [4.69, 9.17) is 4.79 Å². The Morgan fingerprint density at radius 1 is 0.846 bits per heavy atom. The first-order valence-corrected chi connectivity index (χ1v) is 15.9. The van der Waals surface area contributed by atoms with Gasteiger partial charge < -0.3 is 9.90 Å². The van der Waals surface area contributed by atoms with Crippen LogP contribution in [0.25, 0.3) is 0 Å². The number of aldehydes is 1. The van der Waals surface area contributed by atoms with Crippen molar-refractivity contribution in [2.24, 2.45) is 0 Å². The van der Waals surface area contributed by atoms with Crippen molar-refractivity contribution in [3.8, 4) is 0 Å². The minimum atomic E-state index is -0.750. The monoisotopic (exact) mass is 560 g/mol. The molecule has 0 saturated carbocycles. The third-order valence-corrected chi connectivity index (χ3v) is 7.08. The molecule has 0 aromatic rings. The Hall–Kier alpha value is 2.99. The van der Waals surface area contributed by atoms with Crippen LogP contribution < -0.4 is 56.5 Å². The molecular formula is C14H33KO2S9. The molecular weight excluding hydrogens is 528 g/mol. The van der Waals surface area contributed by atoms with Gasteiger partial charge in [0.2, 0.25) is 0 Å². The van der Waals surface area contributed by atoms with Gasteiger partial charge in [-0.05, 0) is 20.8 Å². The van der Waals surface area contributed by atoms with Crippen LogP contribution in [0.15, 0.2) is 12.2 Å². The second-order valence-electron chi connectivity index (χ2n) is 4.06. The molecule has 0 aromatic carbocycles. The number of rotatable bonds is 0.